The third-order valence-corrected chi connectivity index (χ3v) is 5.86. The second kappa shape index (κ2) is 6.69. The zero-order valence-corrected chi connectivity index (χ0v) is 14.0. The van der Waals surface area contributed by atoms with Gasteiger partial charge in [-0.3, -0.25) is 14.3 Å². The Hall–Kier alpha value is -1.90. The molecule has 0 aliphatic carbocycles. The number of likely N-dealkylation sites (tertiary alicyclic amines) is 1. The molecule has 2 rings (SSSR count). The lowest BCUT2D eigenvalue weighted by Gasteiger charge is -2.39. The summed E-state index contributed by atoms with van der Waals surface area (Å²) in [7, 11) is -1.54. The van der Waals surface area contributed by atoms with Gasteiger partial charge in [0.2, 0.25) is 5.91 Å². The number of hydrogen-bond acceptors (Lipinski definition) is 5. The van der Waals surface area contributed by atoms with Crippen LogP contribution in [-0.2, 0) is 26.5 Å². The van der Waals surface area contributed by atoms with Crippen LogP contribution in [0.5, 0.6) is 0 Å². The van der Waals surface area contributed by atoms with Crippen LogP contribution in [0.15, 0.2) is 12.4 Å². The molecule has 128 valence electrons. The highest BCUT2D eigenvalue weighted by Crippen LogP contribution is 2.36. The Balaban J connectivity index is 2.33. The normalized spacial score (nSPS) is 22.3. The molecule has 1 aliphatic heterocycles. The van der Waals surface area contributed by atoms with E-state index in [4.69, 9.17) is 0 Å². The molecule has 1 amide bonds. The van der Waals surface area contributed by atoms with Crippen molar-refractivity contribution in [1.29, 1.82) is 0 Å². The van der Waals surface area contributed by atoms with Crippen LogP contribution < -0.4 is 0 Å². The maximum absolute atomic E-state index is 12.3. The highest BCUT2D eigenvalue weighted by molar-refractivity contribution is 7.91. The third-order valence-electron chi connectivity index (χ3n) is 4.17. The van der Waals surface area contributed by atoms with E-state index in [1.165, 1.54) is 15.8 Å². The number of amides is 1. The summed E-state index contributed by atoms with van der Waals surface area (Å²) in [5.41, 5.74) is 0.613. The standard InChI is InChI=1S/C14H21N3O5S/c1-3-23(21,22)7-6-17-12(18)5-4-11(14(19)20)13(17)10-8-15-16(2)9-10/h8-9,11,13H,3-7H2,1-2H3,(H,19,20)/t11-,13+/m1/s1. The number of piperidine rings is 1. The van der Waals surface area contributed by atoms with E-state index in [-0.39, 0.29) is 36.8 Å². The molecule has 1 aliphatic rings. The Labute approximate surface area is 135 Å². The van der Waals surface area contributed by atoms with Gasteiger partial charge in [0, 0.05) is 37.5 Å². The number of carboxylic acid groups (broad SMARTS) is 1. The Kier molecular flexibility index (Phi) is 5.08. The van der Waals surface area contributed by atoms with Crippen LogP contribution in [0.25, 0.3) is 0 Å². The topological polar surface area (TPSA) is 110 Å². The highest BCUT2D eigenvalue weighted by atomic mass is 32.2. The third kappa shape index (κ3) is 3.90. The number of aromatic nitrogens is 2. The summed E-state index contributed by atoms with van der Waals surface area (Å²) in [4.78, 5) is 25.2. The molecule has 1 aromatic heterocycles. The van der Waals surface area contributed by atoms with Crippen LogP contribution in [0.4, 0.5) is 0 Å². The SMILES string of the molecule is CCS(=O)(=O)CCN1C(=O)CC[C@@H](C(=O)O)[C@@H]1c1cnn(C)c1. The summed E-state index contributed by atoms with van der Waals surface area (Å²) >= 11 is 0. The predicted octanol–water partition coefficient (Wildman–Crippen LogP) is 0.219. The summed E-state index contributed by atoms with van der Waals surface area (Å²) in [6, 6.07) is -0.686. The lowest BCUT2D eigenvalue weighted by atomic mass is 9.85. The van der Waals surface area contributed by atoms with Crippen LogP contribution in [0.2, 0.25) is 0 Å². The molecule has 0 aromatic carbocycles. The fourth-order valence-electron chi connectivity index (χ4n) is 2.86. The van der Waals surface area contributed by atoms with E-state index in [1.54, 1.807) is 20.2 Å². The number of nitrogens with zero attached hydrogens (tertiary/aromatic N) is 3. The molecule has 0 saturated carbocycles. The van der Waals surface area contributed by atoms with Crippen molar-refractivity contribution in [2.75, 3.05) is 18.1 Å². The molecule has 0 radical (unpaired) electrons. The minimum Gasteiger partial charge on any atom is -0.481 e. The molecule has 1 aromatic rings. The molecule has 1 saturated heterocycles. The molecule has 8 nitrogen and oxygen atoms in total. The van der Waals surface area contributed by atoms with E-state index in [2.05, 4.69) is 5.10 Å². The van der Waals surface area contributed by atoms with E-state index in [0.29, 0.717) is 5.56 Å². The first-order valence-corrected chi connectivity index (χ1v) is 9.28. The summed E-state index contributed by atoms with van der Waals surface area (Å²) in [6.07, 6.45) is 3.55. The molecule has 0 bridgehead atoms. The fourth-order valence-corrected chi connectivity index (χ4v) is 3.63. The molecular formula is C14H21N3O5S. The largest absolute Gasteiger partial charge is 0.481 e. The maximum Gasteiger partial charge on any atom is 0.308 e. The average Bonchev–Trinajstić information content (AvgIpc) is 2.91. The number of aliphatic carboxylic acids is 1. The molecular weight excluding hydrogens is 322 g/mol. The van der Waals surface area contributed by atoms with Crippen molar-refractivity contribution in [1.82, 2.24) is 14.7 Å². The summed E-state index contributed by atoms with van der Waals surface area (Å²) in [6.45, 7) is 1.55. The number of carbonyl (C=O) groups excluding carboxylic acids is 1. The summed E-state index contributed by atoms with van der Waals surface area (Å²) in [5.74, 6) is -2.15. The lowest BCUT2D eigenvalue weighted by molar-refractivity contribution is -0.151. The molecule has 0 unspecified atom stereocenters. The van der Waals surface area contributed by atoms with Crippen LogP contribution in [0.1, 0.15) is 31.4 Å². The Morgan fingerprint density at radius 3 is 2.70 bits per heavy atom. The van der Waals surface area contributed by atoms with Gasteiger partial charge in [0.05, 0.1) is 23.9 Å². The van der Waals surface area contributed by atoms with Crippen LogP contribution in [-0.4, -0.2) is 58.1 Å². The Morgan fingerprint density at radius 1 is 1.48 bits per heavy atom. The van der Waals surface area contributed by atoms with Crippen molar-refractivity contribution in [3.63, 3.8) is 0 Å². The molecule has 0 spiro atoms. The van der Waals surface area contributed by atoms with Crippen molar-refractivity contribution >= 4 is 21.7 Å². The van der Waals surface area contributed by atoms with Crippen LogP contribution in [0.3, 0.4) is 0 Å². The highest BCUT2D eigenvalue weighted by Gasteiger charge is 2.41. The van der Waals surface area contributed by atoms with Gasteiger partial charge in [0.1, 0.15) is 0 Å². The summed E-state index contributed by atoms with van der Waals surface area (Å²) in [5, 5.41) is 13.5. The quantitative estimate of drug-likeness (QED) is 0.791. The zero-order valence-electron chi connectivity index (χ0n) is 13.2. The van der Waals surface area contributed by atoms with Crippen molar-refractivity contribution in [3.05, 3.63) is 18.0 Å². The van der Waals surface area contributed by atoms with E-state index in [9.17, 15) is 23.1 Å². The zero-order chi connectivity index (χ0) is 17.2. The number of carboxylic acids is 1. The molecule has 2 heterocycles. The van der Waals surface area contributed by atoms with Crippen molar-refractivity contribution < 1.29 is 23.1 Å². The number of carbonyl (C=O) groups is 2. The second-order valence-electron chi connectivity index (χ2n) is 5.70. The van der Waals surface area contributed by atoms with Crippen LogP contribution >= 0.6 is 0 Å². The number of aryl methyl sites for hydroxylation is 1. The van der Waals surface area contributed by atoms with Gasteiger partial charge in [-0.25, -0.2) is 8.42 Å². The monoisotopic (exact) mass is 343 g/mol. The van der Waals surface area contributed by atoms with Crippen molar-refractivity contribution in [2.45, 2.75) is 25.8 Å². The smallest absolute Gasteiger partial charge is 0.308 e. The molecule has 1 fully saturated rings. The lowest BCUT2D eigenvalue weighted by Crippen LogP contribution is -2.47. The number of sulfone groups is 1. The first-order valence-electron chi connectivity index (χ1n) is 7.46. The first-order chi connectivity index (χ1) is 10.7. The van der Waals surface area contributed by atoms with E-state index in [0.717, 1.165) is 0 Å². The average molecular weight is 343 g/mol. The molecule has 1 N–H and O–H groups in total. The summed E-state index contributed by atoms with van der Waals surface area (Å²) < 4.78 is 25.0. The van der Waals surface area contributed by atoms with Gasteiger partial charge < -0.3 is 10.0 Å². The minimum atomic E-state index is -3.24. The number of hydrogen-bond donors (Lipinski definition) is 1. The fraction of sp³-hybridized carbons (Fsp3) is 0.643. The second-order valence-corrected chi connectivity index (χ2v) is 8.17. The van der Waals surface area contributed by atoms with Gasteiger partial charge in [-0.1, -0.05) is 6.92 Å². The van der Waals surface area contributed by atoms with Gasteiger partial charge in [0.15, 0.2) is 9.84 Å². The molecule has 9 heteroatoms. The van der Waals surface area contributed by atoms with E-state index < -0.39 is 27.8 Å². The van der Waals surface area contributed by atoms with Gasteiger partial charge in [-0.05, 0) is 6.42 Å². The van der Waals surface area contributed by atoms with Gasteiger partial charge in [-0.2, -0.15) is 5.10 Å². The molecule has 23 heavy (non-hydrogen) atoms. The van der Waals surface area contributed by atoms with E-state index >= 15 is 0 Å². The maximum atomic E-state index is 12.3. The Bertz CT molecular complexity index is 697. The van der Waals surface area contributed by atoms with Gasteiger partial charge in [0.25, 0.3) is 0 Å². The van der Waals surface area contributed by atoms with Crippen molar-refractivity contribution in [2.24, 2.45) is 13.0 Å². The van der Waals surface area contributed by atoms with Gasteiger partial charge in [-0.15, -0.1) is 0 Å². The van der Waals surface area contributed by atoms with Crippen molar-refractivity contribution in [3.8, 4) is 0 Å². The minimum absolute atomic E-state index is 0.00164. The Morgan fingerprint density at radius 2 is 2.17 bits per heavy atom. The first kappa shape index (κ1) is 17.5. The predicted molar refractivity (Wildman–Crippen MR) is 82.3 cm³/mol. The van der Waals surface area contributed by atoms with Gasteiger partial charge >= 0.3 is 5.97 Å². The van der Waals surface area contributed by atoms with Crippen LogP contribution in [0, 0.1) is 5.92 Å². The molecule has 2 atom stereocenters. The number of rotatable bonds is 6. The van der Waals surface area contributed by atoms with E-state index in [1.807, 2.05) is 0 Å².